The molecule has 1 saturated heterocycles. The molecule has 22 heavy (non-hydrogen) atoms. The molecule has 0 amide bonds. The standard InChI is InChI=1S/C18H28O4/c1-10-6-14(21-5)8-11(2)16(13(4)19)18(20)17-12(3)9-22-15(17)7-10/h6,11-12,14-17H,7-9H2,1-5H3/b10-6-/t11-,12?,14?,15?,16?,17+/m0/s1. The van der Waals surface area contributed by atoms with Crippen molar-refractivity contribution in [2.45, 2.75) is 52.7 Å². The van der Waals surface area contributed by atoms with Crippen molar-refractivity contribution in [2.75, 3.05) is 13.7 Å². The van der Waals surface area contributed by atoms with Crippen LogP contribution in [0.3, 0.4) is 0 Å². The first-order valence-corrected chi connectivity index (χ1v) is 8.21. The number of methoxy groups -OCH3 is 1. The van der Waals surface area contributed by atoms with Gasteiger partial charge in [-0.15, -0.1) is 0 Å². The highest BCUT2D eigenvalue weighted by atomic mass is 16.5. The summed E-state index contributed by atoms with van der Waals surface area (Å²) in [6, 6.07) is 0. The Morgan fingerprint density at radius 3 is 2.59 bits per heavy atom. The second kappa shape index (κ2) is 7.05. The third kappa shape index (κ3) is 3.49. The molecule has 1 fully saturated rings. The van der Waals surface area contributed by atoms with Crippen molar-refractivity contribution in [1.82, 2.24) is 0 Å². The molecule has 4 heteroatoms. The van der Waals surface area contributed by atoms with Crippen LogP contribution < -0.4 is 0 Å². The molecule has 4 unspecified atom stereocenters. The Morgan fingerprint density at radius 2 is 2.00 bits per heavy atom. The van der Waals surface area contributed by atoms with Crippen LogP contribution >= 0.6 is 0 Å². The minimum absolute atomic E-state index is 0.0226. The van der Waals surface area contributed by atoms with Crippen LogP contribution in [0, 0.1) is 23.7 Å². The van der Waals surface area contributed by atoms with E-state index in [2.05, 4.69) is 13.0 Å². The Bertz CT molecular complexity index is 468. The van der Waals surface area contributed by atoms with Gasteiger partial charge in [0, 0.05) is 13.0 Å². The molecule has 1 aliphatic carbocycles. The van der Waals surface area contributed by atoms with Crippen molar-refractivity contribution in [3.05, 3.63) is 11.6 Å². The number of carbonyl (C=O) groups excluding carboxylic acids is 2. The summed E-state index contributed by atoms with van der Waals surface area (Å²) in [7, 11) is 1.68. The van der Waals surface area contributed by atoms with Gasteiger partial charge in [-0.3, -0.25) is 9.59 Å². The molecule has 124 valence electrons. The van der Waals surface area contributed by atoms with E-state index in [0.29, 0.717) is 13.0 Å². The summed E-state index contributed by atoms with van der Waals surface area (Å²) in [4.78, 5) is 25.2. The quantitative estimate of drug-likeness (QED) is 0.581. The number of hydrogen-bond donors (Lipinski definition) is 0. The lowest BCUT2D eigenvalue weighted by molar-refractivity contribution is -0.138. The van der Waals surface area contributed by atoms with Crippen molar-refractivity contribution in [2.24, 2.45) is 23.7 Å². The van der Waals surface area contributed by atoms with Crippen molar-refractivity contribution >= 4 is 11.6 Å². The van der Waals surface area contributed by atoms with Crippen molar-refractivity contribution in [3.8, 4) is 0 Å². The highest BCUT2D eigenvalue weighted by Gasteiger charge is 2.45. The molecule has 6 atom stereocenters. The van der Waals surface area contributed by atoms with Gasteiger partial charge in [-0.25, -0.2) is 0 Å². The fraction of sp³-hybridized carbons (Fsp3) is 0.778. The number of Topliss-reactive ketones (excluding diaryl/α,β-unsaturated/α-hetero) is 2. The number of rotatable bonds is 2. The number of carbonyl (C=O) groups is 2. The second-order valence-corrected chi connectivity index (χ2v) is 7.07. The number of fused-ring (bicyclic) bond motifs is 1. The molecule has 0 aromatic carbocycles. The average molecular weight is 308 g/mol. The van der Waals surface area contributed by atoms with E-state index < -0.39 is 5.92 Å². The van der Waals surface area contributed by atoms with Crippen LogP contribution in [0.25, 0.3) is 0 Å². The van der Waals surface area contributed by atoms with Crippen molar-refractivity contribution in [3.63, 3.8) is 0 Å². The average Bonchev–Trinajstić information content (AvgIpc) is 2.77. The van der Waals surface area contributed by atoms with Gasteiger partial charge in [-0.1, -0.05) is 25.5 Å². The molecule has 2 aliphatic rings. The molecule has 0 radical (unpaired) electrons. The maximum Gasteiger partial charge on any atom is 0.149 e. The zero-order chi connectivity index (χ0) is 16.4. The molecule has 0 N–H and O–H groups in total. The van der Waals surface area contributed by atoms with Crippen LogP contribution in [0.2, 0.25) is 0 Å². The first-order valence-electron chi connectivity index (χ1n) is 8.21. The molecule has 4 nitrogen and oxygen atoms in total. The first-order chi connectivity index (χ1) is 10.3. The molecule has 2 rings (SSSR count). The Labute approximate surface area is 133 Å². The fourth-order valence-electron chi connectivity index (χ4n) is 4.02. The van der Waals surface area contributed by atoms with Crippen LogP contribution in [-0.4, -0.2) is 37.5 Å². The smallest absolute Gasteiger partial charge is 0.149 e. The highest BCUT2D eigenvalue weighted by Crippen LogP contribution is 2.37. The zero-order valence-electron chi connectivity index (χ0n) is 14.3. The minimum Gasteiger partial charge on any atom is -0.377 e. The van der Waals surface area contributed by atoms with Crippen LogP contribution in [0.4, 0.5) is 0 Å². The lowest BCUT2D eigenvalue weighted by Crippen LogP contribution is -2.40. The minimum atomic E-state index is -0.541. The summed E-state index contributed by atoms with van der Waals surface area (Å²) in [5.41, 5.74) is 1.19. The predicted molar refractivity (Wildman–Crippen MR) is 84.5 cm³/mol. The van der Waals surface area contributed by atoms with E-state index in [1.807, 2.05) is 13.8 Å². The molecule has 0 aromatic rings. The monoisotopic (exact) mass is 308 g/mol. The van der Waals surface area contributed by atoms with Gasteiger partial charge < -0.3 is 9.47 Å². The van der Waals surface area contributed by atoms with E-state index in [1.54, 1.807) is 7.11 Å². The Kier molecular flexibility index (Phi) is 5.56. The summed E-state index contributed by atoms with van der Waals surface area (Å²) in [6.45, 7) is 8.22. The highest BCUT2D eigenvalue weighted by molar-refractivity contribution is 6.03. The molecule has 1 heterocycles. The summed E-state index contributed by atoms with van der Waals surface area (Å²) >= 11 is 0. The van der Waals surface area contributed by atoms with Crippen molar-refractivity contribution < 1.29 is 19.1 Å². The van der Waals surface area contributed by atoms with E-state index in [-0.39, 0.29) is 41.5 Å². The van der Waals surface area contributed by atoms with E-state index in [1.165, 1.54) is 12.5 Å². The summed E-state index contributed by atoms with van der Waals surface area (Å²) in [6.07, 6.45) is 3.38. The molecular formula is C18H28O4. The van der Waals surface area contributed by atoms with Crippen LogP contribution in [0.5, 0.6) is 0 Å². The van der Waals surface area contributed by atoms with Gasteiger partial charge >= 0.3 is 0 Å². The lowest BCUT2D eigenvalue weighted by Gasteiger charge is -2.30. The van der Waals surface area contributed by atoms with Crippen LogP contribution in [-0.2, 0) is 19.1 Å². The SMILES string of the molecule is COC1/C=C(/C)CC2OCC(C)[C@H]2C(=O)C(C(C)=O)[C@@H](C)C1. The largest absolute Gasteiger partial charge is 0.377 e. The Hall–Kier alpha value is -1.00. The van der Waals surface area contributed by atoms with E-state index in [9.17, 15) is 9.59 Å². The fourth-order valence-corrected chi connectivity index (χ4v) is 4.02. The number of ether oxygens (including phenoxy) is 2. The van der Waals surface area contributed by atoms with Gasteiger partial charge in [0.25, 0.3) is 0 Å². The first kappa shape index (κ1) is 17.4. The van der Waals surface area contributed by atoms with Gasteiger partial charge in [-0.05, 0) is 38.5 Å². The molecule has 1 aliphatic heterocycles. The van der Waals surface area contributed by atoms with Gasteiger partial charge in [0.15, 0.2) is 0 Å². The zero-order valence-corrected chi connectivity index (χ0v) is 14.3. The topological polar surface area (TPSA) is 52.6 Å². The van der Waals surface area contributed by atoms with E-state index in [0.717, 1.165) is 6.42 Å². The van der Waals surface area contributed by atoms with E-state index >= 15 is 0 Å². The molecule has 0 saturated carbocycles. The van der Waals surface area contributed by atoms with Gasteiger partial charge in [-0.2, -0.15) is 0 Å². The Balaban J connectivity index is 2.40. The summed E-state index contributed by atoms with van der Waals surface area (Å²) in [5, 5.41) is 0. The lowest BCUT2D eigenvalue weighted by atomic mass is 9.73. The third-order valence-electron chi connectivity index (χ3n) is 5.13. The van der Waals surface area contributed by atoms with Crippen molar-refractivity contribution in [1.29, 1.82) is 0 Å². The van der Waals surface area contributed by atoms with Gasteiger partial charge in [0.2, 0.25) is 0 Å². The second-order valence-electron chi connectivity index (χ2n) is 7.07. The molecule has 0 bridgehead atoms. The summed E-state index contributed by atoms with van der Waals surface area (Å²) in [5.74, 6) is -0.520. The van der Waals surface area contributed by atoms with Crippen LogP contribution in [0.1, 0.15) is 40.5 Å². The normalized spacial score (nSPS) is 42.4. The van der Waals surface area contributed by atoms with Crippen LogP contribution in [0.15, 0.2) is 11.6 Å². The third-order valence-corrected chi connectivity index (χ3v) is 5.13. The number of ketones is 2. The summed E-state index contributed by atoms with van der Waals surface area (Å²) < 4.78 is 11.4. The molecule has 0 aromatic heterocycles. The molecule has 0 spiro atoms. The predicted octanol–water partition coefficient (Wildman–Crippen LogP) is 2.80. The maximum absolute atomic E-state index is 13.0. The maximum atomic E-state index is 13.0. The Morgan fingerprint density at radius 1 is 1.32 bits per heavy atom. The van der Waals surface area contributed by atoms with Gasteiger partial charge in [0.1, 0.15) is 11.6 Å². The van der Waals surface area contributed by atoms with Gasteiger partial charge in [0.05, 0.1) is 24.7 Å². The van der Waals surface area contributed by atoms with E-state index in [4.69, 9.17) is 9.47 Å². The molecular weight excluding hydrogens is 280 g/mol. The number of hydrogen-bond acceptors (Lipinski definition) is 4.